The molecule has 2 N–H and O–H groups in total. The molecule has 0 unspecified atom stereocenters. The molecule has 2 aromatic heterocycles. The second-order valence-corrected chi connectivity index (χ2v) is 10.3. The lowest BCUT2D eigenvalue weighted by molar-refractivity contribution is 0.122. The molecule has 8 nitrogen and oxygen atoms in total. The van der Waals surface area contributed by atoms with Gasteiger partial charge < -0.3 is 24.8 Å². The van der Waals surface area contributed by atoms with Crippen molar-refractivity contribution in [3.63, 3.8) is 0 Å². The van der Waals surface area contributed by atoms with Crippen molar-refractivity contribution >= 4 is 28.4 Å². The number of ether oxygens (including phenoxy) is 1. The molecule has 0 spiro atoms. The number of benzene rings is 3. The van der Waals surface area contributed by atoms with Crippen LogP contribution in [-0.4, -0.2) is 52.2 Å². The van der Waals surface area contributed by atoms with E-state index >= 15 is 0 Å². The Hall–Kier alpha value is -4.69. The Labute approximate surface area is 232 Å². The van der Waals surface area contributed by atoms with Gasteiger partial charge in [-0.15, -0.1) is 0 Å². The summed E-state index contributed by atoms with van der Waals surface area (Å²) >= 11 is 0. The average molecular weight is 531 g/mol. The number of aromatic amines is 1. The molecule has 2 aliphatic heterocycles. The van der Waals surface area contributed by atoms with E-state index in [4.69, 9.17) is 4.74 Å². The summed E-state index contributed by atoms with van der Waals surface area (Å²) in [7, 11) is 0. The molecule has 5 aromatic rings. The second kappa shape index (κ2) is 10.1. The zero-order valence-electron chi connectivity index (χ0n) is 22.4. The molecule has 0 aliphatic carbocycles. The molecule has 3 aromatic carbocycles. The molecule has 0 atom stereocenters. The molecule has 1 saturated heterocycles. The van der Waals surface area contributed by atoms with Crippen LogP contribution in [0.1, 0.15) is 16.7 Å². The van der Waals surface area contributed by atoms with Crippen molar-refractivity contribution in [1.29, 1.82) is 0 Å². The second-order valence-electron chi connectivity index (χ2n) is 10.3. The monoisotopic (exact) mass is 530 g/mol. The van der Waals surface area contributed by atoms with Crippen LogP contribution < -0.4 is 10.2 Å². The fourth-order valence-corrected chi connectivity index (χ4v) is 5.68. The maximum Gasteiger partial charge on any atom is 0.322 e. The molecule has 40 heavy (non-hydrogen) atoms. The summed E-state index contributed by atoms with van der Waals surface area (Å²) in [6.07, 6.45) is 1.59. The van der Waals surface area contributed by atoms with Gasteiger partial charge in [-0.05, 0) is 53.4 Å². The van der Waals surface area contributed by atoms with Crippen molar-refractivity contribution in [2.24, 2.45) is 0 Å². The maximum absolute atomic E-state index is 13.2. The van der Waals surface area contributed by atoms with E-state index in [1.807, 2.05) is 42.2 Å². The smallest absolute Gasteiger partial charge is 0.322 e. The molecule has 0 bridgehead atoms. The summed E-state index contributed by atoms with van der Waals surface area (Å²) in [5.41, 5.74) is 9.99. The van der Waals surface area contributed by atoms with Crippen molar-refractivity contribution in [3.05, 3.63) is 95.8 Å². The highest BCUT2D eigenvalue weighted by molar-refractivity contribution is 5.97. The minimum absolute atomic E-state index is 0.103. The fourth-order valence-electron chi connectivity index (χ4n) is 5.68. The summed E-state index contributed by atoms with van der Waals surface area (Å²) < 4.78 is 5.48. The molecule has 7 rings (SSSR count). The first-order chi connectivity index (χ1) is 19.6. The Bertz CT molecular complexity index is 1680. The third-order valence-electron chi connectivity index (χ3n) is 7.94. The highest BCUT2D eigenvalue weighted by Gasteiger charge is 2.24. The highest BCUT2D eigenvalue weighted by atomic mass is 16.5. The van der Waals surface area contributed by atoms with Crippen LogP contribution >= 0.6 is 0 Å². The van der Waals surface area contributed by atoms with Gasteiger partial charge in [0.1, 0.15) is 12.0 Å². The molecule has 2 amide bonds. The van der Waals surface area contributed by atoms with E-state index in [0.717, 1.165) is 71.1 Å². The highest BCUT2D eigenvalue weighted by Crippen LogP contribution is 2.34. The first kappa shape index (κ1) is 24.4. The van der Waals surface area contributed by atoms with Crippen LogP contribution in [0.15, 0.2) is 79.1 Å². The van der Waals surface area contributed by atoms with Gasteiger partial charge >= 0.3 is 6.03 Å². The molecule has 8 heteroatoms. The van der Waals surface area contributed by atoms with Gasteiger partial charge in [0.05, 0.1) is 18.9 Å². The maximum atomic E-state index is 13.2. The van der Waals surface area contributed by atoms with E-state index in [0.29, 0.717) is 13.1 Å². The van der Waals surface area contributed by atoms with Crippen LogP contribution in [0, 0.1) is 6.92 Å². The average Bonchev–Trinajstić information content (AvgIpc) is 3.64. The third kappa shape index (κ3) is 4.46. The van der Waals surface area contributed by atoms with Crippen LogP contribution in [0.3, 0.4) is 0 Å². The Morgan fingerprint density at radius 1 is 0.925 bits per heavy atom. The molecule has 2 aliphatic rings. The predicted octanol–water partition coefficient (Wildman–Crippen LogP) is 5.98. The lowest BCUT2D eigenvalue weighted by Crippen LogP contribution is -2.36. The third-order valence-corrected chi connectivity index (χ3v) is 7.94. The predicted molar refractivity (Wildman–Crippen MR) is 157 cm³/mol. The van der Waals surface area contributed by atoms with Gasteiger partial charge in [-0.3, -0.25) is 0 Å². The largest absolute Gasteiger partial charge is 0.378 e. The number of fused-ring (bicyclic) bond motifs is 2. The van der Waals surface area contributed by atoms with Crippen molar-refractivity contribution < 1.29 is 9.53 Å². The number of carbonyl (C=O) groups is 1. The van der Waals surface area contributed by atoms with Gasteiger partial charge in [-0.2, -0.15) is 0 Å². The number of urea groups is 1. The molecular formula is C32H30N6O2. The number of hydrogen-bond donors (Lipinski definition) is 2. The first-order valence-electron chi connectivity index (χ1n) is 13.6. The van der Waals surface area contributed by atoms with Crippen LogP contribution in [0.5, 0.6) is 0 Å². The molecule has 4 heterocycles. The summed E-state index contributed by atoms with van der Waals surface area (Å²) in [4.78, 5) is 30.0. The number of amides is 2. The number of nitrogens with zero attached hydrogens (tertiary/aromatic N) is 4. The van der Waals surface area contributed by atoms with Gasteiger partial charge in [0, 0.05) is 54.2 Å². The van der Waals surface area contributed by atoms with E-state index in [2.05, 4.69) is 67.6 Å². The lowest BCUT2D eigenvalue weighted by Gasteiger charge is -2.28. The SMILES string of the molecule is Cc1c(NC(=O)N2Cc3ccccc3C2)cccc1-c1ncnc2[nH]c(-c3ccc(N4CCOCC4)cc3)cc12. The summed E-state index contributed by atoms with van der Waals surface area (Å²) in [6.45, 7) is 6.61. The van der Waals surface area contributed by atoms with Crippen LogP contribution in [0.2, 0.25) is 0 Å². The van der Waals surface area contributed by atoms with Gasteiger partial charge in [0.15, 0.2) is 0 Å². The van der Waals surface area contributed by atoms with Crippen LogP contribution in [0.25, 0.3) is 33.5 Å². The number of nitrogens with one attached hydrogen (secondary N) is 2. The van der Waals surface area contributed by atoms with E-state index in [-0.39, 0.29) is 6.03 Å². The molecule has 0 saturated carbocycles. The Balaban J connectivity index is 1.15. The first-order valence-corrected chi connectivity index (χ1v) is 13.6. The van der Waals surface area contributed by atoms with Crippen LogP contribution in [0.4, 0.5) is 16.2 Å². The minimum atomic E-state index is -0.103. The minimum Gasteiger partial charge on any atom is -0.378 e. The van der Waals surface area contributed by atoms with Gasteiger partial charge in [0.25, 0.3) is 0 Å². The topological polar surface area (TPSA) is 86.4 Å². The van der Waals surface area contributed by atoms with Crippen LogP contribution in [-0.2, 0) is 17.8 Å². The van der Waals surface area contributed by atoms with E-state index in [9.17, 15) is 4.79 Å². The summed E-state index contributed by atoms with van der Waals surface area (Å²) in [6, 6.07) is 24.8. The fraction of sp³-hybridized carbons (Fsp3) is 0.219. The number of carbonyl (C=O) groups excluding carboxylic acids is 1. The Morgan fingerprint density at radius 3 is 2.42 bits per heavy atom. The number of morpholine rings is 1. The molecule has 200 valence electrons. The Kier molecular flexibility index (Phi) is 6.17. The number of anilines is 2. The quantitative estimate of drug-likeness (QED) is 0.298. The zero-order chi connectivity index (χ0) is 27.1. The van der Waals surface area contributed by atoms with Gasteiger partial charge in [0.2, 0.25) is 0 Å². The van der Waals surface area contributed by atoms with E-state index in [1.54, 1.807) is 6.33 Å². The zero-order valence-corrected chi connectivity index (χ0v) is 22.4. The van der Waals surface area contributed by atoms with Crippen molar-refractivity contribution in [2.75, 3.05) is 36.5 Å². The van der Waals surface area contributed by atoms with Crippen molar-refractivity contribution in [3.8, 4) is 22.5 Å². The summed E-state index contributed by atoms with van der Waals surface area (Å²) in [5.74, 6) is 0. The molecule has 0 radical (unpaired) electrons. The number of aromatic nitrogens is 3. The van der Waals surface area contributed by atoms with Crippen molar-refractivity contribution in [1.82, 2.24) is 19.9 Å². The normalized spacial score (nSPS) is 14.9. The van der Waals surface area contributed by atoms with E-state index < -0.39 is 0 Å². The van der Waals surface area contributed by atoms with Gasteiger partial charge in [-0.1, -0.05) is 48.5 Å². The summed E-state index contributed by atoms with van der Waals surface area (Å²) in [5, 5.41) is 4.07. The van der Waals surface area contributed by atoms with Crippen molar-refractivity contribution in [2.45, 2.75) is 20.0 Å². The number of hydrogen-bond acceptors (Lipinski definition) is 5. The van der Waals surface area contributed by atoms with E-state index in [1.165, 1.54) is 16.8 Å². The molecule has 1 fully saturated rings. The standard InChI is InChI=1S/C32H30N6O2/c1-21-26(7-4-8-28(21)36-32(39)38-18-23-5-2-3-6-24(23)19-38)30-27-17-29(35-31(27)34-20-33-30)22-9-11-25(12-10-22)37-13-15-40-16-14-37/h2-12,17,20H,13-16,18-19H2,1H3,(H,36,39)(H,33,34,35). The Morgan fingerprint density at radius 2 is 1.68 bits per heavy atom. The lowest BCUT2D eigenvalue weighted by atomic mass is 10.0. The number of H-pyrrole nitrogens is 1. The molecular weight excluding hydrogens is 500 g/mol. The number of rotatable bonds is 4. The van der Waals surface area contributed by atoms with Gasteiger partial charge in [-0.25, -0.2) is 14.8 Å².